The molecule has 0 saturated carbocycles. The molecule has 1 rings (SSSR count). The summed E-state index contributed by atoms with van der Waals surface area (Å²) in [6, 6.07) is 0. The van der Waals surface area contributed by atoms with Crippen molar-refractivity contribution in [3.05, 3.63) is 34.6 Å². The number of nitrogens with zero attached hydrogens (tertiary/aromatic N) is 1. The lowest BCUT2D eigenvalue weighted by Crippen LogP contribution is -2.37. The number of carboxylic acids is 1. The Morgan fingerprint density at radius 1 is 1.00 bits per heavy atom. The lowest BCUT2D eigenvalue weighted by Gasteiger charge is -2.19. The molecule has 1 aromatic carbocycles. The SMILES string of the molecule is C#CCN(CC(=O)O)C(=O)c1c(F)c(F)c(F)c(F)c1F. The van der Waals surface area contributed by atoms with Gasteiger partial charge in [-0.05, 0) is 0 Å². The fourth-order valence-corrected chi connectivity index (χ4v) is 1.42. The Bertz CT molecular complexity index is 624. The van der Waals surface area contributed by atoms with Crippen LogP contribution in [0, 0.1) is 41.4 Å². The van der Waals surface area contributed by atoms with Gasteiger partial charge in [-0.2, -0.15) is 0 Å². The molecule has 0 aliphatic carbocycles. The number of hydrogen-bond acceptors (Lipinski definition) is 2. The molecule has 0 aromatic heterocycles. The Kier molecular flexibility index (Phi) is 4.86. The van der Waals surface area contributed by atoms with Gasteiger partial charge in [0.25, 0.3) is 5.91 Å². The quantitative estimate of drug-likeness (QED) is 0.397. The zero-order valence-corrected chi connectivity index (χ0v) is 10.1. The van der Waals surface area contributed by atoms with E-state index in [1.165, 1.54) is 0 Å². The maximum absolute atomic E-state index is 13.4. The average Bonchev–Trinajstić information content (AvgIpc) is 2.42. The minimum atomic E-state index is -2.43. The van der Waals surface area contributed by atoms with E-state index in [1.54, 1.807) is 0 Å². The van der Waals surface area contributed by atoms with Gasteiger partial charge in [0, 0.05) is 0 Å². The van der Waals surface area contributed by atoms with Crippen LogP contribution in [-0.4, -0.2) is 35.0 Å². The molecule has 0 radical (unpaired) electrons. The van der Waals surface area contributed by atoms with Crippen molar-refractivity contribution in [2.45, 2.75) is 0 Å². The highest BCUT2D eigenvalue weighted by Gasteiger charge is 2.32. The predicted octanol–water partition coefficient (Wildman–Crippen LogP) is 1.54. The molecule has 0 bridgehead atoms. The van der Waals surface area contributed by atoms with E-state index in [1.807, 2.05) is 5.92 Å². The molecule has 1 aromatic rings. The monoisotopic (exact) mass is 307 g/mol. The summed E-state index contributed by atoms with van der Waals surface area (Å²) in [5.74, 6) is -13.2. The number of carbonyl (C=O) groups excluding carboxylic acids is 1. The number of terminal acetylenes is 1. The zero-order chi connectivity index (χ0) is 16.3. The van der Waals surface area contributed by atoms with Crippen LogP contribution in [-0.2, 0) is 4.79 Å². The van der Waals surface area contributed by atoms with Crippen LogP contribution in [0.1, 0.15) is 10.4 Å². The van der Waals surface area contributed by atoms with Crippen molar-refractivity contribution >= 4 is 11.9 Å². The van der Waals surface area contributed by atoms with Crippen molar-refractivity contribution in [1.29, 1.82) is 0 Å². The fraction of sp³-hybridized carbons (Fsp3) is 0.167. The van der Waals surface area contributed by atoms with Gasteiger partial charge in [0.1, 0.15) is 12.1 Å². The molecule has 0 unspecified atom stereocenters. The van der Waals surface area contributed by atoms with Crippen LogP contribution in [0.25, 0.3) is 0 Å². The van der Waals surface area contributed by atoms with Crippen LogP contribution in [0.4, 0.5) is 22.0 Å². The van der Waals surface area contributed by atoms with Crippen molar-refractivity contribution in [2.24, 2.45) is 0 Å². The van der Waals surface area contributed by atoms with Gasteiger partial charge in [0.05, 0.1) is 6.54 Å². The Labute approximate surface area is 114 Å². The highest BCUT2D eigenvalue weighted by molar-refractivity contribution is 5.96. The molecule has 0 fully saturated rings. The van der Waals surface area contributed by atoms with Gasteiger partial charge < -0.3 is 10.0 Å². The number of halogens is 5. The normalized spacial score (nSPS) is 10.1. The average molecular weight is 307 g/mol. The summed E-state index contributed by atoms with van der Waals surface area (Å²) in [5, 5.41) is 8.54. The Morgan fingerprint density at radius 3 is 1.81 bits per heavy atom. The summed E-state index contributed by atoms with van der Waals surface area (Å²) in [5.41, 5.74) is -1.76. The molecule has 0 heterocycles. The van der Waals surface area contributed by atoms with E-state index in [-0.39, 0.29) is 4.90 Å². The maximum atomic E-state index is 13.4. The third-order valence-electron chi connectivity index (χ3n) is 2.32. The molecule has 0 atom stereocenters. The van der Waals surface area contributed by atoms with Gasteiger partial charge in [-0.3, -0.25) is 9.59 Å². The second-order valence-corrected chi connectivity index (χ2v) is 3.70. The molecular weight excluding hydrogens is 301 g/mol. The highest BCUT2D eigenvalue weighted by Crippen LogP contribution is 2.24. The molecule has 112 valence electrons. The highest BCUT2D eigenvalue weighted by atomic mass is 19.2. The van der Waals surface area contributed by atoms with Gasteiger partial charge in [0.15, 0.2) is 23.3 Å². The topological polar surface area (TPSA) is 57.6 Å². The molecule has 4 nitrogen and oxygen atoms in total. The van der Waals surface area contributed by atoms with Crippen molar-refractivity contribution in [3.63, 3.8) is 0 Å². The van der Waals surface area contributed by atoms with E-state index in [4.69, 9.17) is 11.5 Å². The van der Waals surface area contributed by atoms with Crippen molar-refractivity contribution in [2.75, 3.05) is 13.1 Å². The lowest BCUT2D eigenvalue weighted by atomic mass is 10.1. The van der Waals surface area contributed by atoms with Crippen LogP contribution in [0.15, 0.2) is 0 Å². The van der Waals surface area contributed by atoms with Gasteiger partial charge in [0.2, 0.25) is 5.82 Å². The summed E-state index contributed by atoms with van der Waals surface area (Å²) in [6.07, 6.45) is 4.85. The molecule has 0 aliphatic heterocycles. The number of amides is 1. The van der Waals surface area contributed by atoms with Gasteiger partial charge in [-0.15, -0.1) is 6.42 Å². The first-order valence-corrected chi connectivity index (χ1v) is 5.18. The van der Waals surface area contributed by atoms with E-state index in [0.717, 1.165) is 0 Å². The molecule has 0 saturated heterocycles. The maximum Gasteiger partial charge on any atom is 0.323 e. The number of benzene rings is 1. The Balaban J connectivity index is 3.42. The summed E-state index contributed by atoms with van der Waals surface area (Å²) in [4.78, 5) is 22.5. The number of aliphatic carboxylic acids is 1. The smallest absolute Gasteiger partial charge is 0.323 e. The van der Waals surface area contributed by atoms with Crippen LogP contribution in [0.5, 0.6) is 0 Å². The van der Waals surface area contributed by atoms with Crippen molar-refractivity contribution in [1.82, 2.24) is 4.90 Å². The van der Waals surface area contributed by atoms with E-state index < -0.39 is 59.6 Å². The number of hydrogen-bond donors (Lipinski definition) is 1. The summed E-state index contributed by atoms with van der Waals surface area (Å²) < 4.78 is 65.7. The van der Waals surface area contributed by atoms with Gasteiger partial charge in [-0.1, -0.05) is 5.92 Å². The second-order valence-electron chi connectivity index (χ2n) is 3.70. The van der Waals surface area contributed by atoms with Crippen LogP contribution < -0.4 is 0 Å². The first kappa shape index (κ1) is 16.4. The van der Waals surface area contributed by atoms with Crippen molar-refractivity contribution in [3.8, 4) is 12.3 Å². The summed E-state index contributed by atoms with van der Waals surface area (Å²) in [6.45, 7) is -1.76. The molecule has 1 amide bonds. The fourth-order valence-electron chi connectivity index (χ4n) is 1.42. The predicted molar refractivity (Wildman–Crippen MR) is 58.6 cm³/mol. The molecular formula is C12H6F5NO3. The molecule has 21 heavy (non-hydrogen) atoms. The van der Waals surface area contributed by atoms with Crippen LogP contribution >= 0.6 is 0 Å². The first-order chi connectivity index (χ1) is 9.72. The van der Waals surface area contributed by atoms with E-state index in [9.17, 15) is 31.5 Å². The lowest BCUT2D eigenvalue weighted by molar-refractivity contribution is -0.137. The Morgan fingerprint density at radius 2 is 1.43 bits per heavy atom. The number of carboxylic acid groups (broad SMARTS) is 1. The molecule has 0 aliphatic rings. The largest absolute Gasteiger partial charge is 0.480 e. The van der Waals surface area contributed by atoms with E-state index >= 15 is 0 Å². The molecule has 9 heteroatoms. The number of carbonyl (C=O) groups is 2. The van der Waals surface area contributed by atoms with Gasteiger partial charge >= 0.3 is 5.97 Å². The van der Waals surface area contributed by atoms with Crippen LogP contribution in [0.3, 0.4) is 0 Å². The Hall–Kier alpha value is -2.63. The minimum Gasteiger partial charge on any atom is -0.480 e. The third-order valence-corrected chi connectivity index (χ3v) is 2.32. The summed E-state index contributed by atoms with van der Waals surface area (Å²) >= 11 is 0. The summed E-state index contributed by atoms with van der Waals surface area (Å²) in [7, 11) is 0. The van der Waals surface area contributed by atoms with E-state index in [2.05, 4.69) is 0 Å². The minimum absolute atomic E-state index is 0.251. The molecule has 1 N–H and O–H groups in total. The molecule has 0 spiro atoms. The van der Waals surface area contributed by atoms with E-state index in [0.29, 0.717) is 0 Å². The first-order valence-electron chi connectivity index (χ1n) is 5.18. The third kappa shape index (κ3) is 3.10. The number of rotatable bonds is 4. The standard InChI is InChI=1S/C12H6F5NO3/c1-2-3-18(4-5(19)20)12(21)6-7(13)9(15)11(17)10(16)8(6)14/h1H,3-4H2,(H,19,20). The van der Waals surface area contributed by atoms with Crippen LogP contribution in [0.2, 0.25) is 0 Å². The van der Waals surface area contributed by atoms with Gasteiger partial charge in [-0.25, -0.2) is 22.0 Å². The second kappa shape index (κ2) is 6.21. The van der Waals surface area contributed by atoms with Crippen molar-refractivity contribution < 1.29 is 36.6 Å². The zero-order valence-electron chi connectivity index (χ0n) is 10.1.